The minimum Gasteiger partial charge on any atom is -0.380 e. The molecule has 0 saturated heterocycles. The third-order valence-electron chi connectivity index (χ3n) is 3.03. The molecule has 1 N–H and O–H groups in total. The van der Waals surface area contributed by atoms with Crippen LogP contribution >= 0.6 is 11.6 Å². The van der Waals surface area contributed by atoms with E-state index in [2.05, 4.69) is 10.5 Å². The van der Waals surface area contributed by atoms with Gasteiger partial charge in [-0.3, -0.25) is 4.79 Å². The van der Waals surface area contributed by atoms with Crippen molar-refractivity contribution in [3.63, 3.8) is 0 Å². The van der Waals surface area contributed by atoms with Gasteiger partial charge in [-0.25, -0.2) is 4.39 Å². The van der Waals surface area contributed by atoms with E-state index in [4.69, 9.17) is 20.9 Å². The molecule has 0 saturated carbocycles. The summed E-state index contributed by atoms with van der Waals surface area (Å²) in [5.74, 6) is -0.680. The molecule has 7 heteroatoms. The van der Waals surface area contributed by atoms with E-state index in [9.17, 15) is 9.18 Å². The summed E-state index contributed by atoms with van der Waals surface area (Å²) in [6.45, 7) is 4.75. The van der Waals surface area contributed by atoms with Crippen LogP contribution in [0, 0.1) is 12.7 Å². The molecule has 1 amide bonds. The average Bonchev–Trinajstić information content (AvgIpc) is 2.85. The molecule has 0 spiro atoms. The number of carbonyl (C=O) groups excluding carboxylic acids is 1. The first-order chi connectivity index (χ1) is 10.6. The van der Waals surface area contributed by atoms with Gasteiger partial charge in [0.05, 0.1) is 17.2 Å². The Morgan fingerprint density at radius 1 is 1.50 bits per heavy atom. The van der Waals surface area contributed by atoms with Crippen molar-refractivity contribution in [1.82, 2.24) is 10.5 Å². The van der Waals surface area contributed by atoms with Crippen LogP contribution in [-0.4, -0.2) is 30.8 Å². The topological polar surface area (TPSA) is 64.4 Å². The van der Waals surface area contributed by atoms with Crippen LogP contribution in [0.25, 0.3) is 11.3 Å². The summed E-state index contributed by atoms with van der Waals surface area (Å²) in [5.41, 5.74) is 0.314. The lowest BCUT2D eigenvalue weighted by Crippen LogP contribution is -2.28. The van der Waals surface area contributed by atoms with Crippen molar-refractivity contribution in [3.05, 3.63) is 40.4 Å². The van der Waals surface area contributed by atoms with Crippen LogP contribution in [0.2, 0.25) is 5.02 Å². The van der Waals surface area contributed by atoms with E-state index in [0.29, 0.717) is 25.5 Å². The molecule has 5 nitrogen and oxygen atoms in total. The molecule has 0 bridgehead atoms. The summed E-state index contributed by atoms with van der Waals surface area (Å²) >= 11 is 6.02. The van der Waals surface area contributed by atoms with E-state index >= 15 is 0 Å². The predicted octanol–water partition coefficient (Wildman–Crippen LogP) is 3.21. The van der Waals surface area contributed by atoms with Gasteiger partial charge in [0.2, 0.25) is 0 Å². The number of nitrogens with one attached hydrogen (secondary N) is 1. The molecule has 1 aromatic carbocycles. The summed E-state index contributed by atoms with van der Waals surface area (Å²) < 4.78 is 24.2. The Hall–Kier alpha value is -1.92. The zero-order valence-electron chi connectivity index (χ0n) is 12.3. The fourth-order valence-electron chi connectivity index (χ4n) is 2.00. The highest BCUT2D eigenvalue weighted by Gasteiger charge is 2.25. The van der Waals surface area contributed by atoms with Gasteiger partial charge in [0.25, 0.3) is 5.91 Å². The van der Waals surface area contributed by atoms with Crippen molar-refractivity contribution in [2.24, 2.45) is 0 Å². The zero-order chi connectivity index (χ0) is 16.1. The SMILES string of the molecule is CCOCCNC(=O)c1c(-c2c(F)cccc2Cl)noc1C. The smallest absolute Gasteiger partial charge is 0.257 e. The Morgan fingerprint density at radius 2 is 2.27 bits per heavy atom. The van der Waals surface area contributed by atoms with Crippen molar-refractivity contribution in [1.29, 1.82) is 0 Å². The predicted molar refractivity (Wildman–Crippen MR) is 80.5 cm³/mol. The zero-order valence-corrected chi connectivity index (χ0v) is 13.0. The van der Waals surface area contributed by atoms with E-state index in [1.807, 2.05) is 6.92 Å². The summed E-state index contributed by atoms with van der Waals surface area (Å²) in [5, 5.41) is 6.63. The summed E-state index contributed by atoms with van der Waals surface area (Å²) in [7, 11) is 0. The Bertz CT molecular complexity index is 653. The molecule has 22 heavy (non-hydrogen) atoms. The van der Waals surface area contributed by atoms with Crippen LogP contribution in [0.15, 0.2) is 22.7 Å². The fraction of sp³-hybridized carbons (Fsp3) is 0.333. The molecule has 118 valence electrons. The maximum absolute atomic E-state index is 14.0. The van der Waals surface area contributed by atoms with Gasteiger partial charge in [0.15, 0.2) is 0 Å². The lowest BCUT2D eigenvalue weighted by Gasteiger charge is -2.07. The molecule has 2 rings (SSSR count). The lowest BCUT2D eigenvalue weighted by molar-refractivity contribution is 0.0921. The van der Waals surface area contributed by atoms with E-state index < -0.39 is 11.7 Å². The normalized spacial score (nSPS) is 10.7. The first-order valence-corrected chi connectivity index (χ1v) is 7.20. The summed E-state index contributed by atoms with van der Waals surface area (Å²) in [6, 6.07) is 4.26. The number of hydrogen-bond donors (Lipinski definition) is 1. The molecule has 0 aliphatic rings. The number of halogens is 2. The van der Waals surface area contributed by atoms with Gasteiger partial charge in [0.1, 0.15) is 22.8 Å². The van der Waals surface area contributed by atoms with Crippen molar-refractivity contribution in [2.45, 2.75) is 13.8 Å². The second-order valence-corrected chi connectivity index (χ2v) is 4.92. The highest BCUT2D eigenvalue weighted by molar-refractivity contribution is 6.33. The number of rotatable bonds is 6. The number of nitrogens with zero attached hydrogens (tertiary/aromatic N) is 1. The molecule has 0 unspecified atom stereocenters. The van der Waals surface area contributed by atoms with Crippen LogP contribution in [0.4, 0.5) is 4.39 Å². The Labute approximate surface area is 132 Å². The summed E-state index contributed by atoms with van der Waals surface area (Å²) in [4.78, 5) is 12.3. The van der Waals surface area contributed by atoms with Crippen LogP contribution in [0.1, 0.15) is 23.0 Å². The van der Waals surface area contributed by atoms with Crippen molar-refractivity contribution in [2.75, 3.05) is 19.8 Å². The number of carbonyl (C=O) groups is 1. The van der Waals surface area contributed by atoms with Crippen LogP contribution in [-0.2, 0) is 4.74 Å². The number of hydrogen-bond acceptors (Lipinski definition) is 4. The maximum Gasteiger partial charge on any atom is 0.257 e. The van der Waals surface area contributed by atoms with E-state index in [0.717, 1.165) is 0 Å². The van der Waals surface area contributed by atoms with E-state index in [1.165, 1.54) is 18.2 Å². The van der Waals surface area contributed by atoms with E-state index in [-0.39, 0.29) is 21.8 Å². The first kappa shape index (κ1) is 16.5. The number of aryl methyl sites for hydroxylation is 1. The maximum atomic E-state index is 14.0. The lowest BCUT2D eigenvalue weighted by atomic mass is 10.0. The molecular formula is C15H16ClFN2O3. The second-order valence-electron chi connectivity index (χ2n) is 4.51. The van der Waals surface area contributed by atoms with Gasteiger partial charge < -0.3 is 14.6 Å². The van der Waals surface area contributed by atoms with Gasteiger partial charge in [-0.05, 0) is 26.0 Å². The van der Waals surface area contributed by atoms with Crippen molar-refractivity contribution >= 4 is 17.5 Å². The number of benzene rings is 1. The Balaban J connectivity index is 2.30. The molecule has 0 radical (unpaired) electrons. The molecule has 1 heterocycles. The number of ether oxygens (including phenoxy) is 1. The van der Waals surface area contributed by atoms with E-state index in [1.54, 1.807) is 6.92 Å². The molecule has 0 aliphatic heterocycles. The van der Waals surface area contributed by atoms with Crippen LogP contribution in [0.5, 0.6) is 0 Å². The van der Waals surface area contributed by atoms with Crippen LogP contribution < -0.4 is 5.32 Å². The summed E-state index contributed by atoms with van der Waals surface area (Å²) in [6.07, 6.45) is 0. The molecule has 0 aliphatic carbocycles. The molecule has 0 fully saturated rings. The van der Waals surface area contributed by atoms with Crippen molar-refractivity contribution < 1.29 is 18.4 Å². The Morgan fingerprint density at radius 3 is 2.95 bits per heavy atom. The molecule has 0 atom stereocenters. The highest BCUT2D eigenvalue weighted by Crippen LogP contribution is 2.33. The fourth-order valence-corrected chi connectivity index (χ4v) is 2.26. The third-order valence-corrected chi connectivity index (χ3v) is 3.34. The highest BCUT2D eigenvalue weighted by atomic mass is 35.5. The van der Waals surface area contributed by atoms with Crippen molar-refractivity contribution in [3.8, 4) is 11.3 Å². The third kappa shape index (κ3) is 3.45. The van der Waals surface area contributed by atoms with Gasteiger partial charge in [-0.2, -0.15) is 0 Å². The standard InChI is InChI=1S/C15H16ClFN2O3/c1-3-21-8-7-18-15(20)12-9(2)22-19-14(12)13-10(16)5-4-6-11(13)17/h4-6H,3,7-8H2,1-2H3,(H,18,20). The minimum absolute atomic E-state index is 0.0518. The number of aromatic nitrogens is 1. The second kappa shape index (κ2) is 7.38. The molecule has 2 aromatic rings. The van der Waals surface area contributed by atoms with Gasteiger partial charge in [-0.15, -0.1) is 0 Å². The quantitative estimate of drug-likeness (QED) is 0.828. The average molecular weight is 327 g/mol. The van der Waals surface area contributed by atoms with Gasteiger partial charge in [0, 0.05) is 13.2 Å². The Kier molecular flexibility index (Phi) is 5.51. The largest absolute Gasteiger partial charge is 0.380 e. The molecule has 1 aromatic heterocycles. The minimum atomic E-state index is -0.566. The monoisotopic (exact) mass is 326 g/mol. The van der Waals surface area contributed by atoms with Crippen LogP contribution in [0.3, 0.4) is 0 Å². The first-order valence-electron chi connectivity index (χ1n) is 6.82. The number of amides is 1. The molecular weight excluding hydrogens is 311 g/mol. The van der Waals surface area contributed by atoms with Gasteiger partial charge in [-0.1, -0.05) is 22.8 Å². The van der Waals surface area contributed by atoms with Gasteiger partial charge >= 0.3 is 0 Å².